The Labute approximate surface area is 132 Å². The van der Waals surface area contributed by atoms with Crippen LogP contribution >= 0.6 is 11.8 Å². The highest BCUT2D eigenvalue weighted by Gasteiger charge is 2.47. The van der Waals surface area contributed by atoms with Crippen molar-refractivity contribution in [3.63, 3.8) is 0 Å². The molecule has 5 heteroatoms. The largest absolute Gasteiger partial charge is 0.329 e. The number of hydrogen-bond donors (Lipinski definition) is 0. The molecule has 2 saturated heterocycles. The topological polar surface area (TPSA) is 40.6 Å². The standard InChI is InChI=1S/C16H28N2O2S/c1-11(2)14-16(20)17-9-6-5-7-13(17)15(19)18(14)10-8-12(3)21-4/h11-14H,5-10H2,1-4H3. The summed E-state index contributed by atoms with van der Waals surface area (Å²) < 4.78 is 0. The van der Waals surface area contributed by atoms with Gasteiger partial charge in [-0.15, -0.1) is 0 Å². The molecule has 3 unspecified atom stereocenters. The van der Waals surface area contributed by atoms with E-state index in [9.17, 15) is 9.59 Å². The third kappa shape index (κ3) is 3.38. The summed E-state index contributed by atoms with van der Waals surface area (Å²) in [6.07, 6.45) is 5.97. The van der Waals surface area contributed by atoms with Crippen LogP contribution in [0, 0.1) is 5.92 Å². The molecular formula is C16H28N2O2S. The second-order valence-electron chi connectivity index (χ2n) is 6.60. The lowest BCUT2D eigenvalue weighted by Crippen LogP contribution is -2.67. The molecule has 0 aliphatic carbocycles. The number of fused-ring (bicyclic) bond motifs is 1. The Morgan fingerprint density at radius 1 is 1.19 bits per heavy atom. The van der Waals surface area contributed by atoms with E-state index in [1.807, 2.05) is 35.4 Å². The second-order valence-corrected chi connectivity index (χ2v) is 7.87. The van der Waals surface area contributed by atoms with E-state index in [0.717, 1.165) is 32.2 Å². The molecule has 3 atom stereocenters. The zero-order valence-electron chi connectivity index (χ0n) is 13.7. The van der Waals surface area contributed by atoms with Crippen LogP contribution in [-0.2, 0) is 9.59 Å². The summed E-state index contributed by atoms with van der Waals surface area (Å²) >= 11 is 1.81. The van der Waals surface area contributed by atoms with Crippen LogP contribution in [0.15, 0.2) is 0 Å². The molecule has 2 amide bonds. The molecule has 4 nitrogen and oxygen atoms in total. The van der Waals surface area contributed by atoms with Crippen LogP contribution in [-0.4, -0.2) is 58.3 Å². The minimum atomic E-state index is -0.263. The minimum Gasteiger partial charge on any atom is -0.329 e. The lowest BCUT2D eigenvalue weighted by atomic mass is 9.90. The average molecular weight is 312 g/mol. The van der Waals surface area contributed by atoms with Crippen molar-refractivity contribution in [2.24, 2.45) is 5.92 Å². The number of thioether (sulfide) groups is 1. The maximum absolute atomic E-state index is 12.8. The van der Waals surface area contributed by atoms with Crippen molar-refractivity contribution < 1.29 is 9.59 Å². The molecule has 2 aliphatic heterocycles. The molecule has 21 heavy (non-hydrogen) atoms. The highest BCUT2D eigenvalue weighted by molar-refractivity contribution is 7.99. The van der Waals surface area contributed by atoms with Gasteiger partial charge in [0.1, 0.15) is 12.1 Å². The Balaban J connectivity index is 2.18. The van der Waals surface area contributed by atoms with Gasteiger partial charge in [-0.05, 0) is 37.9 Å². The first-order valence-electron chi connectivity index (χ1n) is 8.11. The number of carbonyl (C=O) groups is 2. The van der Waals surface area contributed by atoms with Gasteiger partial charge < -0.3 is 9.80 Å². The maximum atomic E-state index is 12.8. The molecule has 0 N–H and O–H groups in total. The monoisotopic (exact) mass is 312 g/mol. The first-order chi connectivity index (χ1) is 9.97. The summed E-state index contributed by atoms with van der Waals surface area (Å²) in [5.41, 5.74) is 0. The van der Waals surface area contributed by atoms with Gasteiger partial charge in [0.25, 0.3) is 0 Å². The van der Waals surface area contributed by atoms with Crippen molar-refractivity contribution in [3.05, 3.63) is 0 Å². The molecule has 0 saturated carbocycles. The third-order valence-electron chi connectivity index (χ3n) is 4.75. The van der Waals surface area contributed by atoms with Crippen LogP contribution in [0.3, 0.4) is 0 Å². The van der Waals surface area contributed by atoms with Crippen LogP contribution in [0.25, 0.3) is 0 Å². The molecule has 2 aliphatic rings. The summed E-state index contributed by atoms with van der Waals surface area (Å²) in [6.45, 7) is 7.74. The fraction of sp³-hybridized carbons (Fsp3) is 0.875. The van der Waals surface area contributed by atoms with Crippen molar-refractivity contribution >= 4 is 23.6 Å². The van der Waals surface area contributed by atoms with E-state index in [1.165, 1.54) is 0 Å². The first kappa shape index (κ1) is 16.7. The number of hydrogen-bond acceptors (Lipinski definition) is 3. The Bertz CT molecular complexity index is 400. The van der Waals surface area contributed by atoms with Crippen LogP contribution < -0.4 is 0 Å². The van der Waals surface area contributed by atoms with Gasteiger partial charge in [-0.1, -0.05) is 20.8 Å². The molecule has 0 bridgehead atoms. The van der Waals surface area contributed by atoms with E-state index >= 15 is 0 Å². The van der Waals surface area contributed by atoms with Gasteiger partial charge in [0, 0.05) is 18.3 Å². The van der Waals surface area contributed by atoms with Gasteiger partial charge in [0.05, 0.1) is 0 Å². The molecule has 0 aromatic carbocycles. The van der Waals surface area contributed by atoms with Crippen molar-refractivity contribution in [2.75, 3.05) is 19.3 Å². The van der Waals surface area contributed by atoms with Gasteiger partial charge >= 0.3 is 0 Å². The van der Waals surface area contributed by atoms with Crippen molar-refractivity contribution in [1.29, 1.82) is 0 Å². The van der Waals surface area contributed by atoms with Crippen LogP contribution in [0.5, 0.6) is 0 Å². The van der Waals surface area contributed by atoms with Crippen LogP contribution in [0.4, 0.5) is 0 Å². The predicted octanol–water partition coefficient (Wildman–Crippen LogP) is 2.38. The number of amides is 2. The molecule has 2 fully saturated rings. The van der Waals surface area contributed by atoms with Gasteiger partial charge in [0.15, 0.2) is 0 Å². The highest BCUT2D eigenvalue weighted by atomic mass is 32.2. The van der Waals surface area contributed by atoms with Crippen molar-refractivity contribution in [2.45, 2.75) is 63.8 Å². The van der Waals surface area contributed by atoms with Crippen LogP contribution in [0.1, 0.15) is 46.5 Å². The Kier molecular flexibility index (Phi) is 5.58. The fourth-order valence-corrected chi connectivity index (χ4v) is 3.76. The summed E-state index contributed by atoms with van der Waals surface area (Å²) in [5, 5.41) is 0.519. The summed E-state index contributed by atoms with van der Waals surface area (Å²) in [4.78, 5) is 29.4. The second kappa shape index (κ2) is 7.03. The van der Waals surface area contributed by atoms with Crippen molar-refractivity contribution in [3.8, 4) is 0 Å². The van der Waals surface area contributed by atoms with Crippen LogP contribution in [0.2, 0.25) is 0 Å². The smallest absolute Gasteiger partial charge is 0.246 e. The Hall–Kier alpha value is -0.710. The molecule has 0 radical (unpaired) electrons. The van der Waals surface area contributed by atoms with E-state index in [2.05, 4.69) is 13.2 Å². The zero-order chi connectivity index (χ0) is 15.6. The minimum absolute atomic E-state index is 0.172. The van der Waals surface area contributed by atoms with E-state index in [4.69, 9.17) is 0 Å². The van der Waals surface area contributed by atoms with Gasteiger partial charge in [-0.3, -0.25) is 9.59 Å². The van der Waals surface area contributed by atoms with Gasteiger partial charge in [-0.25, -0.2) is 0 Å². The molecule has 0 aromatic rings. The maximum Gasteiger partial charge on any atom is 0.246 e. The lowest BCUT2D eigenvalue weighted by Gasteiger charge is -2.48. The van der Waals surface area contributed by atoms with E-state index < -0.39 is 0 Å². The van der Waals surface area contributed by atoms with Gasteiger partial charge in [-0.2, -0.15) is 11.8 Å². The molecule has 2 heterocycles. The van der Waals surface area contributed by atoms with Gasteiger partial charge in [0.2, 0.25) is 11.8 Å². The highest BCUT2D eigenvalue weighted by Crippen LogP contribution is 2.29. The van der Waals surface area contributed by atoms with E-state index in [-0.39, 0.29) is 29.8 Å². The molecule has 0 aromatic heterocycles. The third-order valence-corrected chi connectivity index (χ3v) is 5.79. The summed E-state index contributed by atoms with van der Waals surface area (Å²) in [6, 6.07) is -0.452. The Morgan fingerprint density at radius 3 is 2.52 bits per heavy atom. The number of rotatable bonds is 5. The summed E-state index contributed by atoms with van der Waals surface area (Å²) in [7, 11) is 0. The molecule has 120 valence electrons. The summed E-state index contributed by atoms with van der Waals surface area (Å²) in [5.74, 6) is 0.529. The average Bonchev–Trinajstić information content (AvgIpc) is 2.48. The number of nitrogens with zero attached hydrogens (tertiary/aromatic N) is 2. The molecule has 0 spiro atoms. The quantitative estimate of drug-likeness (QED) is 0.782. The van der Waals surface area contributed by atoms with E-state index in [1.54, 1.807) is 0 Å². The SMILES string of the molecule is CSC(C)CCN1C(=O)C2CCCCN2C(=O)C1C(C)C. The first-order valence-corrected chi connectivity index (χ1v) is 9.40. The Morgan fingerprint density at radius 2 is 1.90 bits per heavy atom. The number of carbonyl (C=O) groups excluding carboxylic acids is 2. The number of piperidine rings is 1. The normalized spacial score (nSPS) is 28.0. The molecule has 2 rings (SSSR count). The fourth-order valence-electron chi connectivity index (χ4n) is 3.42. The number of piperazine rings is 1. The van der Waals surface area contributed by atoms with Crippen molar-refractivity contribution in [1.82, 2.24) is 9.80 Å². The lowest BCUT2D eigenvalue weighted by molar-refractivity contribution is -0.165. The van der Waals surface area contributed by atoms with E-state index in [0.29, 0.717) is 11.8 Å². The molecular weight excluding hydrogens is 284 g/mol. The predicted molar refractivity (Wildman–Crippen MR) is 87.3 cm³/mol. The zero-order valence-corrected chi connectivity index (χ0v) is 14.5.